The summed E-state index contributed by atoms with van der Waals surface area (Å²) in [6.45, 7) is 2.67. The van der Waals surface area contributed by atoms with Gasteiger partial charge in [-0.2, -0.15) is 0 Å². The largest absolute Gasteiger partial charge is 0.467 e. The van der Waals surface area contributed by atoms with Crippen molar-refractivity contribution in [2.45, 2.75) is 44.7 Å². The number of esters is 1. The van der Waals surface area contributed by atoms with Crippen molar-refractivity contribution in [3.05, 3.63) is 0 Å². The van der Waals surface area contributed by atoms with E-state index in [1.54, 1.807) is 0 Å². The van der Waals surface area contributed by atoms with Crippen molar-refractivity contribution in [3.63, 3.8) is 0 Å². The Kier molecular flexibility index (Phi) is 6.80. The van der Waals surface area contributed by atoms with Crippen LogP contribution in [0.1, 0.15) is 32.6 Å². The number of carbonyl (C=O) groups is 2. The molecule has 1 aliphatic rings. The number of methoxy groups -OCH3 is 1. The van der Waals surface area contributed by atoms with Crippen LogP contribution in [0.2, 0.25) is 0 Å². The molecule has 2 atom stereocenters. The summed E-state index contributed by atoms with van der Waals surface area (Å²) < 4.78 is 4.71. The van der Waals surface area contributed by atoms with Crippen LogP contribution in [-0.2, 0) is 14.3 Å². The first-order chi connectivity index (χ1) is 9.08. The highest BCUT2D eigenvalue weighted by Crippen LogP contribution is 2.16. The molecule has 0 spiro atoms. The maximum atomic E-state index is 11.7. The Morgan fingerprint density at radius 2 is 2.16 bits per heavy atom. The van der Waals surface area contributed by atoms with Crippen LogP contribution < -0.4 is 5.32 Å². The number of hydrogen-bond acceptors (Lipinski definition) is 5. The van der Waals surface area contributed by atoms with Gasteiger partial charge < -0.3 is 15.2 Å². The van der Waals surface area contributed by atoms with E-state index in [4.69, 9.17) is 4.74 Å². The van der Waals surface area contributed by atoms with Crippen molar-refractivity contribution in [3.8, 4) is 0 Å². The average Bonchev–Trinajstić information content (AvgIpc) is 2.61. The third-order valence-electron chi connectivity index (χ3n) is 3.49. The van der Waals surface area contributed by atoms with Crippen LogP contribution in [0, 0.1) is 0 Å². The maximum Gasteiger partial charge on any atom is 0.329 e. The Morgan fingerprint density at radius 3 is 2.74 bits per heavy atom. The fraction of sp³-hybridized carbons (Fsp3) is 0.846. The van der Waals surface area contributed by atoms with Gasteiger partial charge in [0.15, 0.2) is 0 Å². The molecule has 2 N–H and O–H groups in total. The Balaban J connectivity index is 2.68. The number of aliphatic hydroxyl groups excluding tert-OH is 1. The summed E-state index contributed by atoms with van der Waals surface area (Å²) in [6, 6.07) is -0.613. The lowest BCUT2D eigenvalue weighted by molar-refractivity contribution is -0.145. The van der Waals surface area contributed by atoms with Crippen molar-refractivity contribution in [1.82, 2.24) is 10.2 Å². The third-order valence-corrected chi connectivity index (χ3v) is 3.49. The summed E-state index contributed by atoms with van der Waals surface area (Å²) >= 11 is 0. The number of nitrogens with zero attached hydrogens (tertiary/aromatic N) is 1. The molecule has 1 heterocycles. The highest BCUT2D eigenvalue weighted by molar-refractivity contribution is 5.83. The first-order valence-corrected chi connectivity index (χ1v) is 6.78. The highest BCUT2D eigenvalue weighted by atomic mass is 16.5. The van der Waals surface area contributed by atoms with Crippen molar-refractivity contribution >= 4 is 11.9 Å². The Bertz CT molecular complexity index is 309. The van der Waals surface area contributed by atoms with Gasteiger partial charge >= 0.3 is 5.97 Å². The molecule has 1 rings (SSSR count). The average molecular weight is 272 g/mol. The van der Waals surface area contributed by atoms with E-state index in [1.165, 1.54) is 14.0 Å². The monoisotopic (exact) mass is 272 g/mol. The van der Waals surface area contributed by atoms with Crippen LogP contribution in [0.5, 0.6) is 0 Å². The maximum absolute atomic E-state index is 11.7. The summed E-state index contributed by atoms with van der Waals surface area (Å²) in [5.41, 5.74) is 0. The van der Waals surface area contributed by atoms with Gasteiger partial charge in [0.25, 0.3) is 0 Å². The van der Waals surface area contributed by atoms with Gasteiger partial charge in [-0.1, -0.05) is 12.8 Å². The van der Waals surface area contributed by atoms with Crippen LogP contribution in [0.25, 0.3) is 0 Å². The van der Waals surface area contributed by atoms with Crippen LogP contribution >= 0.6 is 0 Å². The quantitative estimate of drug-likeness (QED) is 0.683. The van der Waals surface area contributed by atoms with Gasteiger partial charge in [-0.05, 0) is 19.4 Å². The minimum atomic E-state index is -0.672. The van der Waals surface area contributed by atoms with Gasteiger partial charge in [0.1, 0.15) is 6.04 Å². The lowest BCUT2D eigenvalue weighted by Gasteiger charge is -2.31. The lowest BCUT2D eigenvalue weighted by Crippen LogP contribution is -2.51. The number of ether oxygens (including phenoxy) is 1. The topological polar surface area (TPSA) is 78.9 Å². The molecule has 0 aliphatic carbocycles. The standard InChI is InChI=1S/C13H24N2O4/c1-10(17)14-12(13(18)19-2)8-15-7-5-3-4-6-11(15)9-16/h11-12,16H,3-9H2,1-2H3,(H,14,17). The predicted octanol–water partition coefficient (Wildman–Crippen LogP) is -0.0990. The summed E-state index contributed by atoms with van der Waals surface area (Å²) in [4.78, 5) is 24.9. The molecule has 1 aliphatic heterocycles. The number of carbonyl (C=O) groups excluding carboxylic acids is 2. The molecule has 110 valence electrons. The number of aliphatic hydroxyl groups is 1. The van der Waals surface area contributed by atoms with Gasteiger partial charge in [0.05, 0.1) is 13.7 Å². The molecule has 0 aromatic rings. The Labute approximate surface area is 114 Å². The number of amides is 1. The molecule has 0 aromatic carbocycles. The minimum Gasteiger partial charge on any atom is -0.467 e. The van der Waals surface area contributed by atoms with Gasteiger partial charge in [-0.25, -0.2) is 4.79 Å². The molecule has 0 aromatic heterocycles. The highest BCUT2D eigenvalue weighted by Gasteiger charge is 2.27. The van der Waals surface area contributed by atoms with E-state index in [9.17, 15) is 14.7 Å². The number of nitrogens with one attached hydrogen (secondary N) is 1. The van der Waals surface area contributed by atoms with Crippen LogP contribution in [-0.4, -0.2) is 60.8 Å². The van der Waals surface area contributed by atoms with E-state index in [-0.39, 0.29) is 18.6 Å². The van der Waals surface area contributed by atoms with Gasteiger partial charge in [-0.3, -0.25) is 9.69 Å². The van der Waals surface area contributed by atoms with Crippen molar-refractivity contribution in [2.75, 3.05) is 26.8 Å². The second-order valence-corrected chi connectivity index (χ2v) is 4.96. The summed E-state index contributed by atoms with van der Waals surface area (Å²) in [6.07, 6.45) is 4.19. The molecule has 6 nitrogen and oxygen atoms in total. The molecule has 0 saturated carbocycles. The van der Waals surface area contributed by atoms with Crippen molar-refractivity contribution in [1.29, 1.82) is 0 Å². The second kappa shape index (κ2) is 8.12. The first-order valence-electron chi connectivity index (χ1n) is 6.78. The first kappa shape index (κ1) is 15.9. The van der Waals surface area contributed by atoms with E-state index >= 15 is 0 Å². The molecule has 0 bridgehead atoms. The summed E-state index contributed by atoms with van der Waals surface area (Å²) in [5.74, 6) is -0.707. The molecule has 1 fully saturated rings. The molecule has 1 amide bonds. The molecule has 0 radical (unpaired) electrons. The van der Waals surface area contributed by atoms with E-state index in [0.717, 1.165) is 32.2 Å². The zero-order valence-electron chi connectivity index (χ0n) is 11.7. The number of rotatable bonds is 5. The van der Waals surface area contributed by atoms with E-state index < -0.39 is 12.0 Å². The van der Waals surface area contributed by atoms with Gasteiger partial charge in [0, 0.05) is 19.5 Å². The van der Waals surface area contributed by atoms with Gasteiger partial charge in [0.2, 0.25) is 5.91 Å². The minimum absolute atomic E-state index is 0.0587. The smallest absolute Gasteiger partial charge is 0.329 e. The molecule has 19 heavy (non-hydrogen) atoms. The van der Waals surface area contributed by atoms with Crippen LogP contribution in [0.3, 0.4) is 0 Å². The fourth-order valence-electron chi connectivity index (χ4n) is 2.49. The summed E-state index contributed by atoms with van der Waals surface area (Å²) in [5, 5.41) is 12.0. The van der Waals surface area contributed by atoms with E-state index in [1.807, 2.05) is 0 Å². The molecule has 2 unspecified atom stereocenters. The van der Waals surface area contributed by atoms with Gasteiger partial charge in [-0.15, -0.1) is 0 Å². The Morgan fingerprint density at radius 1 is 1.42 bits per heavy atom. The van der Waals surface area contributed by atoms with Crippen LogP contribution in [0.15, 0.2) is 0 Å². The van der Waals surface area contributed by atoms with Crippen LogP contribution in [0.4, 0.5) is 0 Å². The third kappa shape index (κ3) is 5.16. The Hall–Kier alpha value is -1.14. The van der Waals surface area contributed by atoms with Crippen molar-refractivity contribution < 1.29 is 19.4 Å². The fourth-order valence-corrected chi connectivity index (χ4v) is 2.49. The van der Waals surface area contributed by atoms with E-state index in [2.05, 4.69) is 10.2 Å². The molecule has 6 heteroatoms. The second-order valence-electron chi connectivity index (χ2n) is 4.96. The SMILES string of the molecule is COC(=O)C(CN1CCCCCC1CO)NC(C)=O. The number of likely N-dealkylation sites (tertiary alicyclic amines) is 1. The zero-order chi connectivity index (χ0) is 14.3. The normalized spacial score (nSPS) is 22.4. The predicted molar refractivity (Wildman–Crippen MR) is 70.5 cm³/mol. The summed E-state index contributed by atoms with van der Waals surface area (Å²) in [7, 11) is 1.31. The number of hydrogen-bond donors (Lipinski definition) is 2. The van der Waals surface area contributed by atoms with Crippen molar-refractivity contribution in [2.24, 2.45) is 0 Å². The molecule has 1 saturated heterocycles. The molecular weight excluding hydrogens is 248 g/mol. The molecular formula is C13H24N2O4. The van der Waals surface area contributed by atoms with E-state index in [0.29, 0.717) is 6.54 Å². The lowest BCUT2D eigenvalue weighted by atomic mass is 10.1. The zero-order valence-corrected chi connectivity index (χ0v) is 11.7.